The molecular weight excluding hydrogens is 392 g/mol. The van der Waals surface area contributed by atoms with Gasteiger partial charge < -0.3 is 14.2 Å². The molecule has 2 aliphatic heterocycles. The van der Waals surface area contributed by atoms with Gasteiger partial charge in [-0.15, -0.1) is 0 Å². The summed E-state index contributed by atoms with van der Waals surface area (Å²) >= 11 is 0. The third-order valence-electron chi connectivity index (χ3n) is 5.19. The van der Waals surface area contributed by atoms with Gasteiger partial charge in [-0.2, -0.15) is 0 Å². The number of hydrogen-bond acceptors (Lipinski definition) is 5. The van der Waals surface area contributed by atoms with Gasteiger partial charge in [0.05, 0.1) is 11.1 Å². The Morgan fingerprint density at radius 1 is 1.00 bits per heavy atom. The van der Waals surface area contributed by atoms with Crippen molar-refractivity contribution in [1.29, 1.82) is 0 Å². The molecule has 3 aromatic carbocycles. The smallest absolute Gasteiger partial charge is 0.343 e. The molecular formula is C26H18O5. The van der Waals surface area contributed by atoms with Crippen molar-refractivity contribution in [3.63, 3.8) is 0 Å². The van der Waals surface area contributed by atoms with Gasteiger partial charge in [0.2, 0.25) is 5.78 Å². The largest absolute Gasteiger partial charge is 0.488 e. The maximum Gasteiger partial charge on any atom is 0.343 e. The summed E-state index contributed by atoms with van der Waals surface area (Å²) in [7, 11) is 0. The number of allylic oxidation sites excluding steroid dienone is 1. The highest BCUT2D eigenvalue weighted by Gasteiger charge is 2.28. The van der Waals surface area contributed by atoms with Crippen LogP contribution >= 0.6 is 0 Å². The Labute approximate surface area is 179 Å². The van der Waals surface area contributed by atoms with E-state index in [9.17, 15) is 9.59 Å². The fourth-order valence-electron chi connectivity index (χ4n) is 3.58. The Bertz CT molecular complexity index is 1280. The highest BCUT2D eigenvalue weighted by Crippen LogP contribution is 2.35. The Kier molecular flexibility index (Phi) is 4.64. The molecule has 0 N–H and O–H groups in total. The van der Waals surface area contributed by atoms with E-state index in [0.29, 0.717) is 29.2 Å². The number of fused-ring (bicyclic) bond motifs is 2. The van der Waals surface area contributed by atoms with Crippen molar-refractivity contribution < 1.29 is 23.8 Å². The Balaban J connectivity index is 1.37. The van der Waals surface area contributed by atoms with Gasteiger partial charge in [0, 0.05) is 11.6 Å². The number of benzene rings is 3. The first-order valence-electron chi connectivity index (χ1n) is 9.87. The van der Waals surface area contributed by atoms with Crippen LogP contribution in [0.3, 0.4) is 0 Å². The van der Waals surface area contributed by atoms with E-state index in [1.807, 2.05) is 49.4 Å². The molecule has 0 saturated heterocycles. The molecule has 5 heteroatoms. The third kappa shape index (κ3) is 3.62. The van der Waals surface area contributed by atoms with Gasteiger partial charge in [-0.3, -0.25) is 4.79 Å². The predicted octanol–water partition coefficient (Wildman–Crippen LogP) is 5.15. The quantitative estimate of drug-likeness (QED) is 0.340. The molecule has 5 rings (SSSR count). The summed E-state index contributed by atoms with van der Waals surface area (Å²) in [5.41, 5.74) is 3.54. The number of esters is 1. The van der Waals surface area contributed by atoms with Crippen LogP contribution in [0.5, 0.6) is 17.2 Å². The molecule has 0 aromatic heterocycles. The van der Waals surface area contributed by atoms with Crippen LogP contribution < -0.4 is 14.2 Å². The molecule has 3 aromatic rings. The monoisotopic (exact) mass is 410 g/mol. The average Bonchev–Trinajstić information content (AvgIpc) is 3.08. The van der Waals surface area contributed by atoms with Gasteiger partial charge in [0.1, 0.15) is 23.9 Å². The zero-order valence-electron chi connectivity index (χ0n) is 16.8. The van der Waals surface area contributed by atoms with E-state index >= 15 is 0 Å². The number of ether oxygens (including phenoxy) is 3. The fourth-order valence-corrected chi connectivity index (χ4v) is 3.58. The fraction of sp³-hybridized carbons (Fsp3) is 0.0769. The number of carbonyl (C=O) groups excluding carboxylic acids is 2. The highest BCUT2D eigenvalue weighted by molar-refractivity contribution is 6.12. The van der Waals surface area contributed by atoms with Crippen molar-refractivity contribution >= 4 is 17.8 Å². The number of ketones is 1. The van der Waals surface area contributed by atoms with Gasteiger partial charge in [-0.1, -0.05) is 36.4 Å². The summed E-state index contributed by atoms with van der Waals surface area (Å²) < 4.78 is 17.0. The molecule has 0 atom stereocenters. The topological polar surface area (TPSA) is 61.8 Å². The van der Waals surface area contributed by atoms with E-state index < -0.39 is 5.97 Å². The van der Waals surface area contributed by atoms with E-state index in [1.165, 1.54) is 0 Å². The molecule has 0 radical (unpaired) electrons. The van der Waals surface area contributed by atoms with Gasteiger partial charge in [-0.25, -0.2) is 4.79 Å². The van der Waals surface area contributed by atoms with Crippen molar-refractivity contribution in [3.8, 4) is 17.2 Å². The zero-order chi connectivity index (χ0) is 21.4. The summed E-state index contributed by atoms with van der Waals surface area (Å²) in [6.45, 7) is 2.20. The molecule has 2 aliphatic rings. The minimum atomic E-state index is -0.457. The number of carbonyl (C=O) groups is 2. The van der Waals surface area contributed by atoms with Gasteiger partial charge in [0.15, 0.2) is 5.76 Å². The molecule has 0 saturated carbocycles. The normalized spacial score (nSPS) is 15.5. The van der Waals surface area contributed by atoms with Crippen molar-refractivity contribution in [2.24, 2.45) is 0 Å². The van der Waals surface area contributed by atoms with E-state index in [2.05, 4.69) is 0 Å². The summed E-state index contributed by atoms with van der Waals surface area (Å²) in [5, 5.41) is 0. The summed E-state index contributed by atoms with van der Waals surface area (Å²) in [5.74, 6) is 1.03. The molecule has 31 heavy (non-hydrogen) atoms. The number of Topliss-reactive ketones (excluding diaryl/α,β-unsaturated/α-hetero) is 1. The van der Waals surface area contributed by atoms with E-state index in [-0.39, 0.29) is 11.5 Å². The van der Waals surface area contributed by atoms with Crippen LogP contribution in [0.25, 0.3) is 6.08 Å². The van der Waals surface area contributed by atoms with Crippen molar-refractivity contribution in [2.45, 2.75) is 6.92 Å². The average molecular weight is 410 g/mol. The van der Waals surface area contributed by atoms with Crippen LogP contribution in [0.15, 0.2) is 84.1 Å². The first-order valence-corrected chi connectivity index (χ1v) is 9.87. The number of rotatable bonds is 3. The summed E-state index contributed by atoms with van der Waals surface area (Å²) in [4.78, 5) is 25.2. The molecule has 5 nitrogen and oxygen atoms in total. The third-order valence-corrected chi connectivity index (χ3v) is 5.19. The summed E-state index contributed by atoms with van der Waals surface area (Å²) in [6.07, 6.45) is 3.66. The molecule has 0 fully saturated rings. The number of hydrogen-bond donors (Lipinski definition) is 0. The van der Waals surface area contributed by atoms with Crippen LogP contribution in [-0.4, -0.2) is 18.4 Å². The van der Waals surface area contributed by atoms with Gasteiger partial charge in [-0.05, 0) is 54.5 Å². The van der Waals surface area contributed by atoms with Crippen LogP contribution in [0, 0.1) is 6.92 Å². The standard InChI is InChI=1S/C26H18O5/c1-16-6-2-4-8-20(16)26(28)30-19-10-11-21-23(14-19)31-24(25(21)27)13-17-12-18-7-3-5-9-22(18)29-15-17/h2-14H,15H2,1H3/b24-13-. The lowest BCUT2D eigenvalue weighted by molar-refractivity contribution is 0.0733. The van der Waals surface area contributed by atoms with Crippen molar-refractivity contribution in [1.82, 2.24) is 0 Å². The SMILES string of the molecule is Cc1ccccc1C(=O)Oc1ccc2c(c1)O/C(=C\C1=Cc3ccccc3OC1)C2=O. The van der Waals surface area contributed by atoms with E-state index in [4.69, 9.17) is 14.2 Å². The van der Waals surface area contributed by atoms with E-state index in [1.54, 1.807) is 36.4 Å². The predicted molar refractivity (Wildman–Crippen MR) is 116 cm³/mol. The zero-order valence-corrected chi connectivity index (χ0v) is 16.8. The van der Waals surface area contributed by atoms with Gasteiger partial charge in [0.25, 0.3) is 0 Å². The molecule has 0 aliphatic carbocycles. The molecule has 0 unspecified atom stereocenters. The number of aryl methyl sites for hydroxylation is 1. The lowest BCUT2D eigenvalue weighted by Gasteiger charge is -2.15. The second-order valence-electron chi connectivity index (χ2n) is 7.35. The Morgan fingerprint density at radius 3 is 2.68 bits per heavy atom. The minimum Gasteiger partial charge on any atom is -0.488 e. The molecule has 0 spiro atoms. The second kappa shape index (κ2) is 7.61. The lowest BCUT2D eigenvalue weighted by atomic mass is 10.1. The minimum absolute atomic E-state index is 0.214. The molecule has 0 amide bonds. The van der Waals surface area contributed by atoms with Crippen LogP contribution in [0.1, 0.15) is 31.8 Å². The molecule has 0 bridgehead atoms. The first kappa shape index (κ1) is 18.9. The first-order chi connectivity index (χ1) is 15.1. The van der Waals surface area contributed by atoms with Gasteiger partial charge >= 0.3 is 5.97 Å². The van der Waals surface area contributed by atoms with Crippen molar-refractivity contribution in [3.05, 3.63) is 106 Å². The van der Waals surface area contributed by atoms with Crippen LogP contribution in [0.4, 0.5) is 0 Å². The lowest BCUT2D eigenvalue weighted by Crippen LogP contribution is -2.10. The van der Waals surface area contributed by atoms with Crippen LogP contribution in [-0.2, 0) is 0 Å². The maximum absolute atomic E-state index is 12.7. The second-order valence-corrected chi connectivity index (χ2v) is 7.35. The molecule has 2 heterocycles. The maximum atomic E-state index is 12.7. The Morgan fingerprint density at radius 2 is 1.81 bits per heavy atom. The summed E-state index contributed by atoms with van der Waals surface area (Å²) in [6, 6.07) is 19.7. The van der Waals surface area contributed by atoms with Crippen LogP contribution in [0.2, 0.25) is 0 Å². The van der Waals surface area contributed by atoms with Crippen molar-refractivity contribution in [2.75, 3.05) is 6.61 Å². The van der Waals surface area contributed by atoms with E-state index in [0.717, 1.165) is 22.4 Å². The molecule has 152 valence electrons. The Hall–Kier alpha value is -4.12. The highest BCUT2D eigenvalue weighted by atomic mass is 16.5. The number of para-hydroxylation sites is 1.